The van der Waals surface area contributed by atoms with E-state index in [-0.39, 0.29) is 0 Å². The fourth-order valence-electron chi connectivity index (χ4n) is 1.07. The van der Waals surface area contributed by atoms with Crippen LogP contribution >= 0.6 is 23.2 Å². The van der Waals surface area contributed by atoms with Crippen molar-refractivity contribution in [1.29, 1.82) is 0 Å². The van der Waals surface area contributed by atoms with Gasteiger partial charge in [0.2, 0.25) is 0 Å². The fraction of sp³-hybridized carbons (Fsp3) is 0.500. The minimum Gasteiger partial charge on any atom is -0.372 e. The highest BCUT2D eigenvalue weighted by Gasteiger charge is 2.07. The van der Waals surface area contributed by atoms with Crippen molar-refractivity contribution < 1.29 is 0 Å². The maximum atomic E-state index is 5.85. The fourth-order valence-corrected chi connectivity index (χ4v) is 1.45. The first-order chi connectivity index (χ1) is 6.15. The van der Waals surface area contributed by atoms with Gasteiger partial charge in [-0.1, -0.05) is 30.1 Å². The van der Waals surface area contributed by atoms with Crippen molar-refractivity contribution in [3.05, 3.63) is 16.4 Å². The first kappa shape index (κ1) is 10.5. The van der Waals surface area contributed by atoms with Crippen LogP contribution in [0.4, 0.5) is 5.69 Å². The van der Waals surface area contributed by atoms with Crippen LogP contribution in [-0.4, -0.2) is 23.8 Å². The molecule has 1 rings (SSSR count). The van der Waals surface area contributed by atoms with Crippen molar-refractivity contribution in [2.24, 2.45) is 0 Å². The standard InChI is InChI=1S/C8H11Cl2N3/c1-3-4-13(2)6-5-7(9)11-12-8(6)10/h5H,3-4H2,1-2H3. The molecule has 1 aromatic rings. The average Bonchev–Trinajstić information content (AvgIpc) is 2.09. The maximum absolute atomic E-state index is 5.85. The predicted molar refractivity (Wildman–Crippen MR) is 55.6 cm³/mol. The summed E-state index contributed by atoms with van der Waals surface area (Å²) < 4.78 is 0. The van der Waals surface area contributed by atoms with Gasteiger partial charge in [-0.25, -0.2) is 0 Å². The van der Waals surface area contributed by atoms with Crippen LogP contribution in [0.25, 0.3) is 0 Å². The number of halogens is 2. The molecule has 0 spiro atoms. The monoisotopic (exact) mass is 219 g/mol. The van der Waals surface area contributed by atoms with Gasteiger partial charge in [0.25, 0.3) is 0 Å². The van der Waals surface area contributed by atoms with E-state index in [9.17, 15) is 0 Å². The van der Waals surface area contributed by atoms with E-state index < -0.39 is 0 Å². The zero-order chi connectivity index (χ0) is 9.84. The molecule has 0 N–H and O–H groups in total. The average molecular weight is 220 g/mol. The molecular formula is C8H11Cl2N3. The molecule has 1 heterocycles. The van der Waals surface area contributed by atoms with Crippen LogP contribution in [-0.2, 0) is 0 Å². The summed E-state index contributed by atoms with van der Waals surface area (Å²) >= 11 is 11.6. The minimum absolute atomic E-state index is 0.363. The molecule has 5 heteroatoms. The topological polar surface area (TPSA) is 29.0 Å². The van der Waals surface area contributed by atoms with Crippen molar-refractivity contribution in [2.45, 2.75) is 13.3 Å². The Bertz CT molecular complexity index is 291. The zero-order valence-electron chi connectivity index (χ0n) is 7.59. The maximum Gasteiger partial charge on any atom is 0.175 e. The number of rotatable bonds is 3. The lowest BCUT2D eigenvalue weighted by Gasteiger charge is -2.18. The van der Waals surface area contributed by atoms with Gasteiger partial charge in [-0.05, 0) is 6.42 Å². The lowest BCUT2D eigenvalue weighted by Crippen LogP contribution is -2.18. The van der Waals surface area contributed by atoms with E-state index in [1.165, 1.54) is 0 Å². The Morgan fingerprint density at radius 2 is 2.08 bits per heavy atom. The molecular weight excluding hydrogens is 209 g/mol. The second-order valence-electron chi connectivity index (χ2n) is 2.76. The summed E-state index contributed by atoms with van der Waals surface area (Å²) in [6.45, 7) is 3.02. The summed E-state index contributed by atoms with van der Waals surface area (Å²) in [5.41, 5.74) is 0.823. The summed E-state index contributed by atoms with van der Waals surface area (Å²) in [6, 6.07) is 1.71. The van der Waals surface area contributed by atoms with Crippen molar-refractivity contribution in [3.8, 4) is 0 Å². The highest BCUT2D eigenvalue weighted by atomic mass is 35.5. The molecule has 0 aromatic carbocycles. The summed E-state index contributed by atoms with van der Waals surface area (Å²) in [6.07, 6.45) is 1.05. The smallest absolute Gasteiger partial charge is 0.175 e. The third-order valence-electron chi connectivity index (χ3n) is 1.67. The third-order valence-corrected chi connectivity index (χ3v) is 2.12. The second kappa shape index (κ2) is 4.63. The molecule has 0 bridgehead atoms. The number of aromatic nitrogens is 2. The highest BCUT2D eigenvalue weighted by Crippen LogP contribution is 2.23. The molecule has 0 fully saturated rings. The second-order valence-corrected chi connectivity index (χ2v) is 3.51. The van der Waals surface area contributed by atoms with Gasteiger partial charge in [-0.2, -0.15) is 0 Å². The molecule has 0 saturated heterocycles. The summed E-state index contributed by atoms with van der Waals surface area (Å²) in [7, 11) is 1.95. The lowest BCUT2D eigenvalue weighted by molar-refractivity contribution is 0.844. The molecule has 0 radical (unpaired) electrons. The minimum atomic E-state index is 0.363. The van der Waals surface area contributed by atoms with Crippen LogP contribution in [0.15, 0.2) is 6.07 Å². The van der Waals surface area contributed by atoms with Crippen molar-refractivity contribution in [1.82, 2.24) is 10.2 Å². The summed E-state index contributed by atoms with van der Waals surface area (Å²) in [4.78, 5) is 2.00. The largest absolute Gasteiger partial charge is 0.372 e. The van der Waals surface area contributed by atoms with Gasteiger partial charge in [-0.15, -0.1) is 10.2 Å². The van der Waals surface area contributed by atoms with Gasteiger partial charge < -0.3 is 4.90 Å². The van der Waals surface area contributed by atoms with Gasteiger partial charge in [-0.3, -0.25) is 0 Å². The van der Waals surface area contributed by atoms with E-state index in [1.807, 2.05) is 11.9 Å². The zero-order valence-corrected chi connectivity index (χ0v) is 9.10. The Balaban J connectivity index is 2.91. The number of anilines is 1. The Morgan fingerprint density at radius 3 is 2.69 bits per heavy atom. The van der Waals surface area contributed by atoms with E-state index in [0.717, 1.165) is 18.7 Å². The molecule has 0 atom stereocenters. The third kappa shape index (κ3) is 2.71. The Hall–Kier alpha value is -0.540. The van der Waals surface area contributed by atoms with Gasteiger partial charge in [0.1, 0.15) is 0 Å². The molecule has 1 aromatic heterocycles. The van der Waals surface area contributed by atoms with Gasteiger partial charge in [0.05, 0.1) is 5.69 Å². The molecule has 0 aliphatic carbocycles. The van der Waals surface area contributed by atoms with Gasteiger partial charge in [0.15, 0.2) is 10.3 Å². The van der Waals surface area contributed by atoms with Crippen molar-refractivity contribution in [2.75, 3.05) is 18.5 Å². The van der Waals surface area contributed by atoms with Crippen LogP contribution in [0.2, 0.25) is 10.3 Å². The Morgan fingerprint density at radius 1 is 1.38 bits per heavy atom. The van der Waals surface area contributed by atoms with E-state index in [0.29, 0.717) is 10.3 Å². The first-order valence-electron chi connectivity index (χ1n) is 4.05. The molecule has 0 amide bonds. The molecule has 0 aliphatic rings. The summed E-state index contributed by atoms with van der Waals surface area (Å²) in [5.74, 6) is 0. The van der Waals surface area contributed by atoms with Crippen LogP contribution in [0.1, 0.15) is 13.3 Å². The van der Waals surface area contributed by atoms with E-state index >= 15 is 0 Å². The SMILES string of the molecule is CCCN(C)c1cc(Cl)nnc1Cl. The number of hydrogen-bond donors (Lipinski definition) is 0. The van der Waals surface area contributed by atoms with Crippen molar-refractivity contribution in [3.63, 3.8) is 0 Å². The predicted octanol–water partition coefficient (Wildman–Crippen LogP) is 2.63. The van der Waals surface area contributed by atoms with Crippen LogP contribution < -0.4 is 4.90 Å². The van der Waals surface area contributed by atoms with Crippen molar-refractivity contribution >= 4 is 28.9 Å². The quantitative estimate of drug-likeness (QED) is 0.783. The van der Waals surface area contributed by atoms with Gasteiger partial charge in [0, 0.05) is 19.7 Å². The number of nitrogens with zero attached hydrogens (tertiary/aromatic N) is 3. The normalized spacial score (nSPS) is 10.2. The molecule has 3 nitrogen and oxygen atoms in total. The Kier molecular flexibility index (Phi) is 3.75. The first-order valence-corrected chi connectivity index (χ1v) is 4.80. The van der Waals surface area contributed by atoms with E-state index in [1.54, 1.807) is 6.07 Å². The molecule has 0 unspecified atom stereocenters. The summed E-state index contributed by atoms with van der Waals surface area (Å²) in [5, 5.41) is 8.12. The molecule has 0 aliphatic heterocycles. The van der Waals surface area contributed by atoms with Crippen LogP contribution in [0.5, 0.6) is 0 Å². The lowest BCUT2D eigenvalue weighted by atomic mass is 10.4. The van der Waals surface area contributed by atoms with E-state index in [2.05, 4.69) is 17.1 Å². The molecule has 72 valence electrons. The Labute approximate surface area is 87.7 Å². The van der Waals surface area contributed by atoms with Crippen LogP contribution in [0, 0.1) is 0 Å². The number of hydrogen-bond acceptors (Lipinski definition) is 3. The molecule has 13 heavy (non-hydrogen) atoms. The van der Waals surface area contributed by atoms with Gasteiger partial charge >= 0.3 is 0 Å². The highest BCUT2D eigenvalue weighted by molar-refractivity contribution is 6.33. The molecule has 0 saturated carbocycles. The van der Waals surface area contributed by atoms with Crippen LogP contribution in [0.3, 0.4) is 0 Å². The van der Waals surface area contributed by atoms with E-state index in [4.69, 9.17) is 23.2 Å².